The molecule has 3 rings (SSSR count). The van der Waals surface area contributed by atoms with Gasteiger partial charge in [0, 0.05) is 12.6 Å². The lowest BCUT2D eigenvalue weighted by Crippen LogP contribution is -2.39. The number of aryl methyl sites for hydroxylation is 1. The molecule has 0 amide bonds. The maximum Gasteiger partial charge on any atom is 0.243 e. The molecule has 0 aliphatic heterocycles. The van der Waals surface area contributed by atoms with E-state index in [9.17, 15) is 8.42 Å². The average molecular weight is 329 g/mol. The second-order valence-corrected chi connectivity index (χ2v) is 8.32. The van der Waals surface area contributed by atoms with Gasteiger partial charge in [-0.3, -0.25) is 0 Å². The number of sulfonamides is 1. The molecule has 0 N–H and O–H groups in total. The van der Waals surface area contributed by atoms with Crippen LogP contribution in [0, 0.1) is 12.8 Å². The molecule has 2 aromatic carbocycles. The molecule has 122 valence electrons. The van der Waals surface area contributed by atoms with E-state index in [0.717, 1.165) is 24.0 Å². The molecule has 0 saturated heterocycles. The SMILES string of the molecule is Cc1cccc(S(=O)(=O)N(Cc2ccccc2)C(C)C2CC2)c1. The Kier molecular flexibility index (Phi) is 4.55. The molecule has 0 bridgehead atoms. The van der Waals surface area contributed by atoms with Crippen LogP contribution in [0.3, 0.4) is 0 Å². The number of nitrogens with zero attached hydrogens (tertiary/aromatic N) is 1. The summed E-state index contributed by atoms with van der Waals surface area (Å²) in [5.74, 6) is 0.485. The summed E-state index contributed by atoms with van der Waals surface area (Å²) in [4.78, 5) is 0.390. The molecule has 1 saturated carbocycles. The Morgan fingerprint density at radius 3 is 2.39 bits per heavy atom. The molecule has 1 aliphatic rings. The zero-order valence-corrected chi connectivity index (χ0v) is 14.5. The molecule has 0 aromatic heterocycles. The number of hydrogen-bond donors (Lipinski definition) is 0. The van der Waals surface area contributed by atoms with Crippen molar-refractivity contribution in [1.29, 1.82) is 0 Å². The Bertz CT molecular complexity index is 767. The monoisotopic (exact) mass is 329 g/mol. The molecule has 1 atom stereocenters. The topological polar surface area (TPSA) is 37.4 Å². The smallest absolute Gasteiger partial charge is 0.207 e. The highest BCUT2D eigenvalue weighted by Gasteiger charge is 2.38. The summed E-state index contributed by atoms with van der Waals surface area (Å²) in [7, 11) is -3.49. The van der Waals surface area contributed by atoms with E-state index in [2.05, 4.69) is 0 Å². The predicted octanol–water partition coefficient (Wildman–Crippen LogP) is 3.98. The van der Waals surface area contributed by atoms with Crippen LogP contribution >= 0.6 is 0 Å². The summed E-state index contributed by atoms with van der Waals surface area (Å²) in [6.07, 6.45) is 2.24. The Balaban J connectivity index is 1.96. The molecule has 0 radical (unpaired) electrons. The average Bonchev–Trinajstić information content (AvgIpc) is 3.38. The molecular weight excluding hydrogens is 306 g/mol. The van der Waals surface area contributed by atoms with Gasteiger partial charge in [0.1, 0.15) is 0 Å². The fourth-order valence-electron chi connectivity index (χ4n) is 2.94. The quantitative estimate of drug-likeness (QED) is 0.804. The van der Waals surface area contributed by atoms with E-state index in [4.69, 9.17) is 0 Å². The van der Waals surface area contributed by atoms with Gasteiger partial charge in [0.05, 0.1) is 4.90 Å². The summed E-state index contributed by atoms with van der Waals surface area (Å²) in [6.45, 7) is 4.38. The second-order valence-electron chi connectivity index (χ2n) is 6.43. The summed E-state index contributed by atoms with van der Waals surface area (Å²) < 4.78 is 28.1. The maximum absolute atomic E-state index is 13.2. The van der Waals surface area contributed by atoms with Gasteiger partial charge in [0.15, 0.2) is 0 Å². The minimum Gasteiger partial charge on any atom is -0.207 e. The van der Waals surface area contributed by atoms with Crippen molar-refractivity contribution in [2.45, 2.75) is 44.2 Å². The Hall–Kier alpha value is -1.65. The minimum atomic E-state index is -3.49. The summed E-state index contributed by atoms with van der Waals surface area (Å²) >= 11 is 0. The Morgan fingerprint density at radius 1 is 1.09 bits per heavy atom. The Morgan fingerprint density at radius 2 is 1.78 bits per heavy atom. The van der Waals surface area contributed by atoms with Crippen LogP contribution in [0.1, 0.15) is 30.9 Å². The molecule has 0 heterocycles. The number of rotatable bonds is 6. The van der Waals surface area contributed by atoms with Crippen LogP contribution in [-0.2, 0) is 16.6 Å². The molecule has 1 fully saturated rings. The van der Waals surface area contributed by atoms with Crippen molar-refractivity contribution in [3.8, 4) is 0 Å². The molecular formula is C19H23NO2S. The van der Waals surface area contributed by atoms with Crippen molar-refractivity contribution in [3.63, 3.8) is 0 Å². The third-order valence-corrected chi connectivity index (χ3v) is 6.46. The van der Waals surface area contributed by atoms with Crippen LogP contribution in [0.15, 0.2) is 59.5 Å². The zero-order chi connectivity index (χ0) is 16.4. The number of hydrogen-bond acceptors (Lipinski definition) is 2. The van der Waals surface area contributed by atoms with Crippen LogP contribution in [0.5, 0.6) is 0 Å². The maximum atomic E-state index is 13.2. The third kappa shape index (κ3) is 3.65. The van der Waals surface area contributed by atoms with E-state index in [1.54, 1.807) is 16.4 Å². The van der Waals surface area contributed by atoms with Crippen molar-refractivity contribution in [2.24, 2.45) is 5.92 Å². The van der Waals surface area contributed by atoms with Crippen molar-refractivity contribution in [3.05, 3.63) is 65.7 Å². The molecule has 1 aliphatic carbocycles. The second kappa shape index (κ2) is 6.46. The van der Waals surface area contributed by atoms with Gasteiger partial charge in [-0.2, -0.15) is 4.31 Å². The highest BCUT2D eigenvalue weighted by atomic mass is 32.2. The fraction of sp³-hybridized carbons (Fsp3) is 0.368. The van der Waals surface area contributed by atoms with Crippen LogP contribution in [0.4, 0.5) is 0 Å². The van der Waals surface area contributed by atoms with E-state index in [0.29, 0.717) is 17.4 Å². The van der Waals surface area contributed by atoms with Crippen molar-refractivity contribution in [2.75, 3.05) is 0 Å². The van der Waals surface area contributed by atoms with Gasteiger partial charge >= 0.3 is 0 Å². The van der Waals surface area contributed by atoms with Gasteiger partial charge in [-0.1, -0.05) is 42.5 Å². The summed E-state index contributed by atoms with van der Waals surface area (Å²) in [6, 6.07) is 17.0. The summed E-state index contributed by atoms with van der Waals surface area (Å²) in [5.41, 5.74) is 1.99. The fourth-order valence-corrected chi connectivity index (χ4v) is 4.72. The van der Waals surface area contributed by atoms with Crippen LogP contribution < -0.4 is 0 Å². The first-order valence-corrected chi connectivity index (χ1v) is 9.55. The van der Waals surface area contributed by atoms with Crippen LogP contribution in [0.25, 0.3) is 0 Å². The van der Waals surface area contributed by atoms with Crippen LogP contribution in [0.2, 0.25) is 0 Å². The van der Waals surface area contributed by atoms with E-state index in [-0.39, 0.29) is 6.04 Å². The van der Waals surface area contributed by atoms with E-state index < -0.39 is 10.0 Å². The normalized spacial score (nSPS) is 16.5. The molecule has 0 spiro atoms. The molecule has 2 aromatic rings. The molecule has 4 heteroatoms. The first kappa shape index (κ1) is 16.2. The van der Waals surface area contributed by atoms with Crippen molar-refractivity contribution >= 4 is 10.0 Å². The lowest BCUT2D eigenvalue weighted by Gasteiger charge is -2.28. The highest BCUT2D eigenvalue weighted by molar-refractivity contribution is 7.89. The lowest BCUT2D eigenvalue weighted by atomic mass is 10.2. The van der Waals surface area contributed by atoms with Gasteiger partial charge in [-0.25, -0.2) is 8.42 Å². The predicted molar refractivity (Wildman–Crippen MR) is 92.5 cm³/mol. The largest absolute Gasteiger partial charge is 0.243 e. The van der Waals surface area contributed by atoms with Gasteiger partial charge in [0.2, 0.25) is 10.0 Å². The zero-order valence-electron chi connectivity index (χ0n) is 13.6. The standard InChI is InChI=1S/C19H23NO2S/c1-15-7-6-10-19(13-15)23(21,22)20(16(2)18-11-12-18)14-17-8-4-3-5-9-17/h3-10,13,16,18H,11-12,14H2,1-2H3. The number of benzene rings is 2. The van der Waals surface area contributed by atoms with E-state index in [1.807, 2.05) is 56.3 Å². The molecule has 23 heavy (non-hydrogen) atoms. The van der Waals surface area contributed by atoms with Gasteiger partial charge in [-0.15, -0.1) is 0 Å². The first-order chi connectivity index (χ1) is 11.0. The van der Waals surface area contributed by atoms with Gasteiger partial charge in [-0.05, 0) is 55.9 Å². The third-order valence-electron chi connectivity index (χ3n) is 4.54. The minimum absolute atomic E-state index is 0.0284. The van der Waals surface area contributed by atoms with Gasteiger partial charge in [0.25, 0.3) is 0 Å². The van der Waals surface area contributed by atoms with Crippen molar-refractivity contribution < 1.29 is 8.42 Å². The molecule has 3 nitrogen and oxygen atoms in total. The Labute approximate surface area is 139 Å². The highest BCUT2D eigenvalue weighted by Crippen LogP contribution is 2.37. The van der Waals surface area contributed by atoms with Crippen LogP contribution in [-0.4, -0.2) is 18.8 Å². The summed E-state index contributed by atoms with van der Waals surface area (Å²) in [5, 5.41) is 0. The first-order valence-electron chi connectivity index (χ1n) is 8.11. The van der Waals surface area contributed by atoms with E-state index >= 15 is 0 Å². The molecule has 1 unspecified atom stereocenters. The van der Waals surface area contributed by atoms with Crippen molar-refractivity contribution in [1.82, 2.24) is 4.31 Å². The van der Waals surface area contributed by atoms with Gasteiger partial charge < -0.3 is 0 Å². The lowest BCUT2D eigenvalue weighted by molar-refractivity contribution is 0.303. The van der Waals surface area contributed by atoms with E-state index in [1.165, 1.54) is 0 Å².